The summed E-state index contributed by atoms with van der Waals surface area (Å²) in [7, 11) is 0. The minimum absolute atomic E-state index is 0.00672. The summed E-state index contributed by atoms with van der Waals surface area (Å²) >= 11 is 0. The number of rotatable bonds is 4. The van der Waals surface area contributed by atoms with Crippen molar-refractivity contribution in [2.45, 2.75) is 186 Å². The first kappa shape index (κ1) is 54.4. The zero-order chi connectivity index (χ0) is 59.3. The van der Waals surface area contributed by atoms with E-state index in [0.717, 1.165) is 25.7 Å². The summed E-state index contributed by atoms with van der Waals surface area (Å²) in [6.45, 7) is 36.6. The summed E-state index contributed by atoms with van der Waals surface area (Å²) in [4.78, 5) is 8.62. The molecule has 0 amide bonds. The Bertz CT molecular complexity index is 4270. The van der Waals surface area contributed by atoms with Gasteiger partial charge >= 0.3 is 0 Å². The Morgan fingerprint density at radius 2 is 1.01 bits per heavy atom. The highest BCUT2D eigenvalue weighted by molar-refractivity contribution is 7.00. The van der Waals surface area contributed by atoms with Crippen LogP contribution < -0.4 is 31.1 Å². The molecule has 3 nitrogen and oxygen atoms in total. The molecular weight excluding hydrogens is 1030 g/mol. The summed E-state index contributed by atoms with van der Waals surface area (Å²) in [6, 6.07) is 70.8. The number of hydrogen-bond donors (Lipinski definition) is 0. The van der Waals surface area contributed by atoms with Crippen LogP contribution in [0, 0.1) is 0 Å². The third-order valence-electron chi connectivity index (χ3n) is 22.6. The molecule has 0 radical (unpaired) electrons. The van der Waals surface area contributed by atoms with Crippen molar-refractivity contribution in [2.24, 2.45) is 0 Å². The van der Waals surface area contributed by atoms with Crippen molar-refractivity contribution in [2.75, 3.05) is 14.7 Å². The SMILES string of the molecule is CC(C)(C)c1ccc2c(c1)B1c3cc(C(C)(C)C)cc4c3N(c3cc(N5c6ccc(C(C)(C)C)cc6C6(C)CCc7ccccc7C56C)cc(c31)N2c1ccc(C(C)(C)C)cc1-c1ccc2ccccc2c1)C1(C)CCCCC41c1ccccc1. The first-order valence-corrected chi connectivity index (χ1v) is 32.1. The first-order valence-electron chi connectivity index (χ1n) is 32.1. The highest BCUT2D eigenvalue weighted by Gasteiger charge is 2.65. The second kappa shape index (κ2) is 17.9. The standard InChI is InChI=1S/C81H86BN3/c1-74(2,3)56-33-36-67(61(44-56)54-32-31-51-25-19-20-27-53(51)43-54)83-69-38-35-58(76(7,8)9)47-65(69)82-66-48-59(77(10,11)12)46-64-73(66)85(79(14)40-23-24-41-81(64,79)55-28-17-16-18-29-55)71-50-60(49-70(83)72(71)82)84-68-37-34-57(75(4,5)6)45-63(68)78(13)42-39-52-26-21-22-30-62(52)80(78,84)15/h16-22,25-38,43-50H,23-24,39-42H2,1-15H3. The fourth-order valence-electron chi connectivity index (χ4n) is 17.6. The minimum atomic E-state index is -0.419. The lowest BCUT2D eigenvalue weighted by molar-refractivity contribution is 0.215. The first-order chi connectivity index (χ1) is 40.3. The lowest BCUT2D eigenvalue weighted by Crippen LogP contribution is -2.65. The molecule has 0 bridgehead atoms. The van der Waals surface area contributed by atoms with Crippen LogP contribution in [-0.2, 0) is 44.4 Å². The van der Waals surface area contributed by atoms with Crippen LogP contribution in [-0.4, -0.2) is 12.3 Å². The number of benzene rings is 9. The maximum atomic E-state index is 2.99. The Labute approximate surface area is 508 Å². The smallest absolute Gasteiger partial charge is 0.252 e. The molecule has 6 aliphatic rings. The van der Waals surface area contributed by atoms with Gasteiger partial charge in [0.25, 0.3) is 6.71 Å². The average molecular weight is 1110 g/mol. The van der Waals surface area contributed by atoms with E-state index in [-0.39, 0.29) is 44.7 Å². The second-order valence-corrected chi connectivity index (χ2v) is 31.4. The minimum Gasteiger partial charge on any atom is -0.335 e. The van der Waals surface area contributed by atoms with E-state index >= 15 is 0 Å². The molecule has 4 atom stereocenters. The molecular formula is C81H86BN3. The normalized spacial score (nSPS) is 22.8. The molecule has 4 aliphatic heterocycles. The predicted octanol–water partition coefficient (Wildman–Crippen LogP) is 19.4. The van der Waals surface area contributed by atoms with E-state index in [4.69, 9.17) is 0 Å². The Kier molecular flexibility index (Phi) is 11.4. The molecule has 428 valence electrons. The van der Waals surface area contributed by atoms with Crippen molar-refractivity contribution in [1.82, 2.24) is 0 Å². The Hall–Kier alpha value is -7.30. The Morgan fingerprint density at radius 3 is 1.73 bits per heavy atom. The van der Waals surface area contributed by atoms with E-state index in [9.17, 15) is 0 Å². The molecule has 4 heteroatoms. The van der Waals surface area contributed by atoms with Gasteiger partial charge in [0, 0.05) is 50.5 Å². The molecule has 2 aliphatic carbocycles. The van der Waals surface area contributed by atoms with Crippen LogP contribution >= 0.6 is 0 Å². The van der Waals surface area contributed by atoms with Gasteiger partial charge in [0.1, 0.15) is 0 Å². The van der Waals surface area contributed by atoms with Crippen molar-refractivity contribution in [3.05, 3.63) is 226 Å². The molecule has 0 saturated heterocycles. The van der Waals surface area contributed by atoms with Gasteiger partial charge in [-0.25, -0.2) is 0 Å². The fraction of sp³-hybridized carbons (Fsp3) is 0.358. The number of fused-ring (bicyclic) bond motifs is 13. The summed E-state index contributed by atoms with van der Waals surface area (Å²) in [6.07, 6.45) is 6.69. The molecule has 4 unspecified atom stereocenters. The van der Waals surface area contributed by atoms with Crippen LogP contribution in [0.15, 0.2) is 176 Å². The number of hydrogen-bond acceptors (Lipinski definition) is 3. The molecule has 0 aromatic heterocycles. The Morgan fingerprint density at radius 1 is 0.424 bits per heavy atom. The third kappa shape index (κ3) is 7.45. The van der Waals surface area contributed by atoms with E-state index in [1.807, 2.05) is 0 Å². The van der Waals surface area contributed by atoms with Crippen LogP contribution in [0.1, 0.15) is 186 Å². The third-order valence-corrected chi connectivity index (χ3v) is 22.6. The van der Waals surface area contributed by atoms with Crippen molar-refractivity contribution in [3.8, 4) is 11.1 Å². The summed E-state index contributed by atoms with van der Waals surface area (Å²) in [5.74, 6) is 0. The van der Waals surface area contributed by atoms with Crippen molar-refractivity contribution >= 4 is 73.7 Å². The quantitative estimate of drug-likeness (QED) is 0.163. The topological polar surface area (TPSA) is 9.72 Å². The van der Waals surface area contributed by atoms with Gasteiger partial charge in [-0.2, -0.15) is 0 Å². The summed E-state index contributed by atoms with van der Waals surface area (Å²) < 4.78 is 0. The van der Waals surface area contributed by atoms with Crippen LogP contribution in [0.3, 0.4) is 0 Å². The molecule has 0 N–H and O–H groups in total. The monoisotopic (exact) mass is 1110 g/mol. The lowest BCUT2D eigenvalue weighted by atomic mass is 9.33. The molecule has 85 heavy (non-hydrogen) atoms. The number of aryl methyl sites for hydroxylation is 1. The molecule has 0 spiro atoms. The number of nitrogens with zero attached hydrogens (tertiary/aromatic N) is 3. The van der Waals surface area contributed by atoms with Gasteiger partial charge in [0.2, 0.25) is 0 Å². The molecule has 9 aromatic rings. The highest BCUT2D eigenvalue weighted by Crippen LogP contribution is 2.68. The zero-order valence-electron chi connectivity index (χ0n) is 53.4. The lowest BCUT2D eigenvalue weighted by Gasteiger charge is -2.55. The van der Waals surface area contributed by atoms with Gasteiger partial charge in [0.05, 0.1) is 16.8 Å². The van der Waals surface area contributed by atoms with Crippen molar-refractivity contribution < 1.29 is 0 Å². The predicted molar refractivity (Wildman–Crippen MR) is 364 cm³/mol. The molecule has 4 heterocycles. The van der Waals surface area contributed by atoms with E-state index < -0.39 is 5.54 Å². The number of anilines is 7. The van der Waals surface area contributed by atoms with Crippen molar-refractivity contribution in [1.29, 1.82) is 0 Å². The van der Waals surface area contributed by atoms with E-state index in [0.29, 0.717) is 0 Å². The summed E-state index contributed by atoms with van der Waals surface area (Å²) in [5.41, 5.74) is 27.4. The van der Waals surface area contributed by atoms with Crippen LogP contribution in [0.25, 0.3) is 21.9 Å². The molecule has 9 aromatic carbocycles. The van der Waals surface area contributed by atoms with Crippen LogP contribution in [0.5, 0.6) is 0 Å². The van der Waals surface area contributed by atoms with Gasteiger partial charge in [-0.3, -0.25) is 0 Å². The van der Waals surface area contributed by atoms with E-state index in [1.54, 1.807) is 0 Å². The second-order valence-electron chi connectivity index (χ2n) is 31.4. The largest absolute Gasteiger partial charge is 0.335 e. The maximum absolute atomic E-state index is 2.99. The van der Waals surface area contributed by atoms with Gasteiger partial charge in [0.15, 0.2) is 0 Å². The Balaban J connectivity index is 1.12. The molecule has 1 saturated carbocycles. The highest BCUT2D eigenvalue weighted by atomic mass is 15.3. The van der Waals surface area contributed by atoms with E-state index in [2.05, 4.69) is 294 Å². The van der Waals surface area contributed by atoms with Crippen molar-refractivity contribution in [3.63, 3.8) is 0 Å². The summed E-state index contributed by atoms with van der Waals surface area (Å²) in [5, 5.41) is 2.51. The van der Waals surface area contributed by atoms with E-state index in [1.165, 1.54) is 141 Å². The van der Waals surface area contributed by atoms with Gasteiger partial charge in [-0.1, -0.05) is 236 Å². The molecule has 15 rings (SSSR count). The fourth-order valence-corrected chi connectivity index (χ4v) is 17.6. The van der Waals surface area contributed by atoms with Crippen LogP contribution in [0.2, 0.25) is 0 Å². The van der Waals surface area contributed by atoms with Gasteiger partial charge < -0.3 is 14.7 Å². The zero-order valence-corrected chi connectivity index (χ0v) is 53.4. The average Bonchev–Trinajstić information content (AvgIpc) is 1.54. The van der Waals surface area contributed by atoms with Crippen LogP contribution in [0.4, 0.5) is 39.8 Å². The maximum Gasteiger partial charge on any atom is 0.252 e. The van der Waals surface area contributed by atoms with Gasteiger partial charge in [-0.05, 0) is 186 Å². The molecule has 1 fully saturated rings. The van der Waals surface area contributed by atoms with Gasteiger partial charge in [-0.15, -0.1) is 0 Å².